The zero-order valence-corrected chi connectivity index (χ0v) is 11.1. The zero-order chi connectivity index (χ0) is 13.6. The molecule has 0 saturated carbocycles. The average molecular weight is 254 g/mol. The van der Waals surface area contributed by atoms with Crippen molar-refractivity contribution < 1.29 is 0 Å². The maximum atomic E-state index is 3.22. The summed E-state index contributed by atoms with van der Waals surface area (Å²) in [5.41, 5.74) is 4.49. The van der Waals surface area contributed by atoms with Crippen LogP contribution in [-0.4, -0.2) is 0 Å². The lowest BCUT2D eigenvalue weighted by molar-refractivity contribution is 1.59. The lowest BCUT2D eigenvalue weighted by Gasteiger charge is -2.01. The first-order valence-corrected chi connectivity index (χ1v) is 6.64. The van der Waals surface area contributed by atoms with Crippen LogP contribution in [0.5, 0.6) is 0 Å². The van der Waals surface area contributed by atoms with Crippen molar-refractivity contribution in [2.24, 2.45) is 0 Å². The van der Waals surface area contributed by atoms with Crippen LogP contribution in [0.4, 0.5) is 0 Å². The van der Waals surface area contributed by atoms with E-state index in [0.29, 0.717) is 0 Å². The smallest absolute Gasteiger partial charge is 0.0255 e. The van der Waals surface area contributed by atoms with E-state index in [1.54, 1.807) is 0 Å². The largest absolute Gasteiger partial charge is 0.0622 e. The Morgan fingerprint density at radius 2 is 1.00 bits per heavy atom. The molecule has 0 bridgehead atoms. The molecule has 0 radical (unpaired) electrons. The summed E-state index contributed by atoms with van der Waals surface area (Å²) < 4.78 is 0. The van der Waals surface area contributed by atoms with E-state index in [1.807, 2.05) is 42.5 Å². The molecule has 20 heavy (non-hydrogen) atoms. The Morgan fingerprint density at radius 1 is 0.450 bits per heavy atom. The van der Waals surface area contributed by atoms with Gasteiger partial charge in [0.2, 0.25) is 0 Å². The van der Waals surface area contributed by atoms with E-state index < -0.39 is 0 Å². The number of hydrogen-bond donors (Lipinski definition) is 0. The molecule has 3 rings (SSSR count). The molecule has 0 aromatic heterocycles. The Balaban J connectivity index is 1.91. The summed E-state index contributed by atoms with van der Waals surface area (Å²) >= 11 is 0. The van der Waals surface area contributed by atoms with Gasteiger partial charge in [0.05, 0.1) is 0 Å². The highest BCUT2D eigenvalue weighted by atomic mass is 14.0. The normalized spacial score (nSPS) is 9.60. The topological polar surface area (TPSA) is 0 Å². The molecule has 0 heteroatoms. The Labute approximate surface area is 119 Å². The van der Waals surface area contributed by atoms with Gasteiger partial charge in [-0.15, -0.1) is 0 Å². The maximum Gasteiger partial charge on any atom is 0.0255 e. The van der Waals surface area contributed by atoms with Crippen LogP contribution in [-0.2, 0) is 0 Å². The molecule has 0 amide bonds. The molecular weight excluding hydrogens is 240 g/mol. The van der Waals surface area contributed by atoms with Crippen molar-refractivity contribution in [1.82, 2.24) is 0 Å². The van der Waals surface area contributed by atoms with Gasteiger partial charge in [-0.25, -0.2) is 0 Å². The second kappa shape index (κ2) is 5.91. The van der Waals surface area contributed by atoms with E-state index in [2.05, 4.69) is 54.3 Å². The minimum Gasteiger partial charge on any atom is -0.0622 e. The van der Waals surface area contributed by atoms with Crippen LogP contribution < -0.4 is 0 Å². The number of hydrogen-bond acceptors (Lipinski definition) is 0. The molecule has 94 valence electrons. The average Bonchev–Trinajstić information content (AvgIpc) is 2.55. The van der Waals surface area contributed by atoms with Crippen molar-refractivity contribution >= 4 is 0 Å². The van der Waals surface area contributed by atoms with Crippen LogP contribution in [0.3, 0.4) is 0 Å². The minimum absolute atomic E-state index is 1.04. The Kier molecular flexibility index (Phi) is 3.62. The van der Waals surface area contributed by atoms with Crippen molar-refractivity contribution in [1.29, 1.82) is 0 Å². The summed E-state index contributed by atoms with van der Waals surface area (Å²) in [6, 6.07) is 28.8. The number of rotatable bonds is 1. The summed E-state index contributed by atoms with van der Waals surface area (Å²) in [5.74, 6) is 6.41. The Morgan fingerprint density at radius 3 is 1.75 bits per heavy atom. The Bertz CT molecular complexity index is 744. The first kappa shape index (κ1) is 12.3. The summed E-state index contributed by atoms with van der Waals surface area (Å²) in [7, 11) is 0. The monoisotopic (exact) mass is 254 g/mol. The fourth-order valence-corrected chi connectivity index (χ4v) is 2.07. The van der Waals surface area contributed by atoms with E-state index in [4.69, 9.17) is 0 Å². The molecular formula is C20H14. The van der Waals surface area contributed by atoms with Crippen molar-refractivity contribution in [3.8, 4) is 23.0 Å². The second-order valence-corrected chi connectivity index (χ2v) is 4.56. The predicted molar refractivity (Wildman–Crippen MR) is 84.3 cm³/mol. The molecule has 0 N–H and O–H groups in total. The van der Waals surface area contributed by atoms with Gasteiger partial charge in [-0.2, -0.15) is 0 Å². The third kappa shape index (κ3) is 2.96. The summed E-state index contributed by atoms with van der Waals surface area (Å²) in [4.78, 5) is 0. The second-order valence-electron chi connectivity index (χ2n) is 4.56. The van der Waals surface area contributed by atoms with Gasteiger partial charge in [0.1, 0.15) is 0 Å². The van der Waals surface area contributed by atoms with Crippen LogP contribution >= 0.6 is 0 Å². The van der Waals surface area contributed by atoms with Gasteiger partial charge >= 0.3 is 0 Å². The summed E-state index contributed by atoms with van der Waals surface area (Å²) in [5, 5.41) is 0. The third-order valence-corrected chi connectivity index (χ3v) is 3.09. The molecule has 0 atom stereocenters. The summed E-state index contributed by atoms with van der Waals surface area (Å²) in [6.07, 6.45) is 0. The van der Waals surface area contributed by atoms with Crippen molar-refractivity contribution in [3.05, 3.63) is 96.1 Å². The van der Waals surface area contributed by atoms with Gasteiger partial charge in [-0.05, 0) is 35.4 Å². The molecule has 0 aliphatic carbocycles. The lowest BCUT2D eigenvalue weighted by atomic mass is 10.0. The van der Waals surface area contributed by atoms with E-state index in [-0.39, 0.29) is 0 Å². The lowest BCUT2D eigenvalue weighted by Crippen LogP contribution is -1.80. The van der Waals surface area contributed by atoms with Gasteiger partial charge in [0.15, 0.2) is 0 Å². The van der Waals surface area contributed by atoms with E-state index in [9.17, 15) is 0 Å². The van der Waals surface area contributed by atoms with Crippen molar-refractivity contribution in [2.75, 3.05) is 0 Å². The molecule has 0 saturated heterocycles. The van der Waals surface area contributed by atoms with Crippen LogP contribution in [0.25, 0.3) is 11.1 Å². The number of benzene rings is 3. The molecule has 0 heterocycles. The quantitative estimate of drug-likeness (QED) is 0.549. The molecule has 0 aliphatic heterocycles. The summed E-state index contributed by atoms with van der Waals surface area (Å²) in [6.45, 7) is 0. The molecule has 0 aliphatic rings. The van der Waals surface area contributed by atoms with Crippen LogP contribution in [0.15, 0.2) is 84.9 Å². The first-order valence-electron chi connectivity index (χ1n) is 6.64. The molecule has 3 aromatic rings. The molecule has 0 fully saturated rings. The minimum atomic E-state index is 1.04. The van der Waals surface area contributed by atoms with Crippen LogP contribution in [0, 0.1) is 11.8 Å². The van der Waals surface area contributed by atoms with E-state index in [0.717, 1.165) is 11.1 Å². The van der Waals surface area contributed by atoms with Gasteiger partial charge in [-0.3, -0.25) is 0 Å². The van der Waals surface area contributed by atoms with Gasteiger partial charge in [0, 0.05) is 11.1 Å². The SMILES string of the molecule is C(#Cc1cccc(-c2ccccc2)c1)c1ccccc1. The standard InChI is InChI=1S/C20H14/c1-3-8-17(9-4-1)14-15-18-10-7-13-20(16-18)19-11-5-2-6-12-19/h1-13,16H. The fourth-order valence-electron chi connectivity index (χ4n) is 2.07. The molecule has 0 unspecified atom stereocenters. The van der Waals surface area contributed by atoms with Gasteiger partial charge in [0.25, 0.3) is 0 Å². The first-order chi connectivity index (χ1) is 9.92. The third-order valence-electron chi connectivity index (χ3n) is 3.09. The van der Waals surface area contributed by atoms with E-state index in [1.165, 1.54) is 11.1 Å². The highest BCUT2D eigenvalue weighted by molar-refractivity contribution is 5.65. The Hall–Kier alpha value is -2.78. The predicted octanol–water partition coefficient (Wildman–Crippen LogP) is 4.75. The molecule has 0 nitrogen and oxygen atoms in total. The molecule has 0 spiro atoms. The van der Waals surface area contributed by atoms with Crippen LogP contribution in [0.1, 0.15) is 11.1 Å². The highest BCUT2D eigenvalue weighted by Crippen LogP contribution is 2.19. The highest BCUT2D eigenvalue weighted by Gasteiger charge is 1.96. The zero-order valence-electron chi connectivity index (χ0n) is 11.1. The maximum absolute atomic E-state index is 3.22. The van der Waals surface area contributed by atoms with Crippen molar-refractivity contribution in [3.63, 3.8) is 0 Å². The van der Waals surface area contributed by atoms with Gasteiger partial charge < -0.3 is 0 Å². The fraction of sp³-hybridized carbons (Fsp3) is 0. The van der Waals surface area contributed by atoms with Crippen LogP contribution in [0.2, 0.25) is 0 Å². The van der Waals surface area contributed by atoms with E-state index >= 15 is 0 Å². The van der Waals surface area contributed by atoms with Gasteiger partial charge in [-0.1, -0.05) is 72.5 Å². The molecule has 3 aromatic carbocycles. The van der Waals surface area contributed by atoms with Crippen molar-refractivity contribution in [2.45, 2.75) is 0 Å².